The molecular formula is C18H16N6O2. The maximum atomic E-state index is 12.2. The Morgan fingerprint density at radius 3 is 2.58 bits per heavy atom. The Labute approximate surface area is 148 Å². The molecule has 0 aliphatic heterocycles. The molecule has 0 aliphatic carbocycles. The predicted octanol–water partition coefficient (Wildman–Crippen LogP) is 1.11. The van der Waals surface area contributed by atoms with E-state index in [0.717, 1.165) is 5.69 Å². The molecule has 0 aliphatic rings. The van der Waals surface area contributed by atoms with Crippen LogP contribution >= 0.6 is 0 Å². The molecule has 0 radical (unpaired) electrons. The lowest BCUT2D eigenvalue weighted by Crippen LogP contribution is -2.31. The summed E-state index contributed by atoms with van der Waals surface area (Å²) in [5.74, 6) is -0.295. The third kappa shape index (κ3) is 3.00. The average Bonchev–Trinajstić information content (AvgIpc) is 3.29. The summed E-state index contributed by atoms with van der Waals surface area (Å²) in [6, 6.07) is 16.5. The van der Waals surface area contributed by atoms with Gasteiger partial charge in [-0.3, -0.25) is 9.20 Å². The van der Waals surface area contributed by atoms with Crippen molar-refractivity contribution in [3.63, 3.8) is 0 Å². The first-order valence-corrected chi connectivity index (χ1v) is 8.16. The summed E-state index contributed by atoms with van der Waals surface area (Å²) < 4.78 is 4.43. The number of pyridine rings is 1. The fraction of sp³-hybridized carbons (Fsp3) is 0.111. The average molecular weight is 348 g/mol. The molecule has 3 heterocycles. The van der Waals surface area contributed by atoms with Crippen LogP contribution in [0.15, 0.2) is 71.8 Å². The van der Waals surface area contributed by atoms with Crippen molar-refractivity contribution in [2.75, 3.05) is 6.54 Å². The van der Waals surface area contributed by atoms with Crippen LogP contribution in [0.3, 0.4) is 0 Å². The topological polar surface area (TPSA) is 86.2 Å². The number of para-hydroxylation sites is 1. The van der Waals surface area contributed by atoms with Gasteiger partial charge in [0.15, 0.2) is 11.3 Å². The maximum absolute atomic E-state index is 12.2. The molecule has 1 amide bonds. The number of nitrogens with one attached hydrogen (secondary N) is 1. The summed E-state index contributed by atoms with van der Waals surface area (Å²) in [5, 5.41) is 11.3. The summed E-state index contributed by atoms with van der Waals surface area (Å²) in [6.07, 6.45) is 3.40. The lowest BCUT2D eigenvalue weighted by atomic mass is 10.3. The molecule has 4 aromatic rings. The number of hydrogen-bond acceptors (Lipinski definition) is 4. The van der Waals surface area contributed by atoms with Crippen molar-refractivity contribution < 1.29 is 4.79 Å². The number of aromatic nitrogens is 5. The highest BCUT2D eigenvalue weighted by Crippen LogP contribution is 2.06. The van der Waals surface area contributed by atoms with Crippen LogP contribution in [0.5, 0.6) is 0 Å². The first-order chi connectivity index (χ1) is 12.7. The van der Waals surface area contributed by atoms with E-state index in [-0.39, 0.29) is 24.7 Å². The molecule has 0 bridgehead atoms. The van der Waals surface area contributed by atoms with Crippen molar-refractivity contribution in [1.29, 1.82) is 0 Å². The van der Waals surface area contributed by atoms with Crippen LogP contribution in [0.4, 0.5) is 0 Å². The molecule has 3 aromatic heterocycles. The summed E-state index contributed by atoms with van der Waals surface area (Å²) in [6.45, 7) is 0.562. The first-order valence-electron chi connectivity index (χ1n) is 8.16. The first kappa shape index (κ1) is 15.8. The van der Waals surface area contributed by atoms with Crippen LogP contribution in [-0.2, 0) is 6.54 Å². The molecule has 0 unspecified atom stereocenters. The van der Waals surface area contributed by atoms with Crippen molar-refractivity contribution in [3.8, 4) is 5.69 Å². The van der Waals surface area contributed by atoms with Crippen LogP contribution < -0.4 is 11.0 Å². The Hall–Kier alpha value is -3.68. The zero-order valence-corrected chi connectivity index (χ0v) is 13.8. The normalized spacial score (nSPS) is 10.9. The van der Waals surface area contributed by atoms with E-state index in [9.17, 15) is 9.59 Å². The molecule has 0 saturated heterocycles. The van der Waals surface area contributed by atoms with Gasteiger partial charge in [-0.1, -0.05) is 24.3 Å². The molecular weight excluding hydrogens is 332 g/mol. The minimum absolute atomic E-state index is 0.233. The number of benzene rings is 1. The van der Waals surface area contributed by atoms with E-state index >= 15 is 0 Å². The number of rotatable bonds is 5. The summed E-state index contributed by atoms with van der Waals surface area (Å²) in [4.78, 5) is 24.4. The zero-order valence-electron chi connectivity index (χ0n) is 13.8. The minimum Gasteiger partial charge on any atom is -0.349 e. The lowest BCUT2D eigenvalue weighted by molar-refractivity contribution is 0.0946. The molecule has 0 saturated carbocycles. The number of nitrogens with zero attached hydrogens (tertiary/aromatic N) is 5. The van der Waals surface area contributed by atoms with E-state index in [1.54, 1.807) is 35.3 Å². The van der Waals surface area contributed by atoms with Crippen molar-refractivity contribution in [3.05, 3.63) is 83.2 Å². The van der Waals surface area contributed by atoms with Gasteiger partial charge in [0, 0.05) is 18.9 Å². The summed E-state index contributed by atoms with van der Waals surface area (Å²) in [5.41, 5.74) is 1.53. The summed E-state index contributed by atoms with van der Waals surface area (Å²) >= 11 is 0. The van der Waals surface area contributed by atoms with Crippen molar-refractivity contribution in [1.82, 2.24) is 29.3 Å². The fourth-order valence-corrected chi connectivity index (χ4v) is 2.65. The molecule has 26 heavy (non-hydrogen) atoms. The molecule has 1 aromatic carbocycles. The third-order valence-electron chi connectivity index (χ3n) is 3.94. The second-order valence-corrected chi connectivity index (χ2v) is 5.67. The van der Waals surface area contributed by atoms with Crippen LogP contribution in [-0.4, -0.2) is 36.4 Å². The van der Waals surface area contributed by atoms with Gasteiger partial charge in [0.2, 0.25) is 0 Å². The highest BCUT2D eigenvalue weighted by molar-refractivity contribution is 5.92. The number of carbonyl (C=O) groups excluding carboxylic acids is 1. The quantitative estimate of drug-likeness (QED) is 0.585. The Bertz CT molecular complexity index is 1110. The highest BCUT2D eigenvalue weighted by atomic mass is 16.2. The van der Waals surface area contributed by atoms with Crippen LogP contribution in [0, 0.1) is 0 Å². The van der Waals surface area contributed by atoms with Gasteiger partial charge in [-0.05, 0) is 30.3 Å². The Kier molecular flexibility index (Phi) is 4.06. The number of fused-ring (bicyclic) bond motifs is 1. The van der Waals surface area contributed by atoms with Gasteiger partial charge in [0.05, 0.1) is 12.2 Å². The number of hydrogen-bond donors (Lipinski definition) is 1. The fourth-order valence-electron chi connectivity index (χ4n) is 2.65. The smallest absolute Gasteiger partial charge is 0.349 e. The predicted molar refractivity (Wildman–Crippen MR) is 95.3 cm³/mol. The van der Waals surface area contributed by atoms with Gasteiger partial charge in [0.1, 0.15) is 0 Å². The largest absolute Gasteiger partial charge is 0.350 e. The Balaban J connectivity index is 1.40. The lowest BCUT2D eigenvalue weighted by Gasteiger charge is -2.03. The Morgan fingerprint density at radius 1 is 0.962 bits per heavy atom. The molecule has 130 valence electrons. The van der Waals surface area contributed by atoms with Crippen molar-refractivity contribution >= 4 is 11.6 Å². The number of carbonyl (C=O) groups is 1. The highest BCUT2D eigenvalue weighted by Gasteiger charge is 2.11. The van der Waals surface area contributed by atoms with E-state index < -0.39 is 0 Å². The van der Waals surface area contributed by atoms with E-state index in [0.29, 0.717) is 11.3 Å². The molecule has 8 nitrogen and oxygen atoms in total. The molecule has 0 spiro atoms. The van der Waals surface area contributed by atoms with Crippen molar-refractivity contribution in [2.45, 2.75) is 6.54 Å². The van der Waals surface area contributed by atoms with E-state index in [1.807, 2.05) is 36.4 Å². The van der Waals surface area contributed by atoms with E-state index in [2.05, 4.69) is 15.5 Å². The van der Waals surface area contributed by atoms with Gasteiger partial charge in [0.25, 0.3) is 5.91 Å². The second kappa shape index (κ2) is 6.67. The summed E-state index contributed by atoms with van der Waals surface area (Å²) in [7, 11) is 0. The zero-order chi connectivity index (χ0) is 17.9. The third-order valence-corrected chi connectivity index (χ3v) is 3.94. The molecule has 4 rings (SSSR count). The monoisotopic (exact) mass is 348 g/mol. The molecule has 8 heteroatoms. The molecule has 1 N–H and O–H groups in total. The van der Waals surface area contributed by atoms with Crippen molar-refractivity contribution in [2.24, 2.45) is 0 Å². The van der Waals surface area contributed by atoms with Crippen LogP contribution in [0.2, 0.25) is 0 Å². The van der Waals surface area contributed by atoms with Gasteiger partial charge in [-0.15, -0.1) is 5.10 Å². The van der Waals surface area contributed by atoms with Crippen LogP contribution in [0.1, 0.15) is 10.5 Å². The molecule has 0 fully saturated rings. The minimum atomic E-state index is -0.295. The second-order valence-electron chi connectivity index (χ2n) is 5.67. The molecule has 0 atom stereocenters. The SMILES string of the molecule is O=C(NCCn1nc2ccccn2c1=O)c1ccn(-c2ccccc2)n1. The van der Waals surface area contributed by atoms with Gasteiger partial charge >= 0.3 is 5.69 Å². The maximum Gasteiger partial charge on any atom is 0.350 e. The number of amides is 1. The van der Waals surface area contributed by atoms with E-state index in [1.165, 1.54) is 9.08 Å². The van der Waals surface area contributed by atoms with Gasteiger partial charge in [-0.25, -0.2) is 14.2 Å². The van der Waals surface area contributed by atoms with E-state index in [4.69, 9.17) is 0 Å². The van der Waals surface area contributed by atoms with Crippen LogP contribution in [0.25, 0.3) is 11.3 Å². The van der Waals surface area contributed by atoms with Gasteiger partial charge < -0.3 is 5.32 Å². The van der Waals surface area contributed by atoms with Gasteiger partial charge in [-0.2, -0.15) is 5.10 Å². The Morgan fingerprint density at radius 2 is 1.77 bits per heavy atom. The standard InChI is InChI=1S/C18H16N6O2/c25-17(15-9-12-23(20-15)14-6-2-1-3-7-14)19-10-13-24-18(26)22-11-5-4-8-16(22)21-24/h1-9,11-12H,10,13H2,(H,19,25).